The van der Waals surface area contributed by atoms with Gasteiger partial charge < -0.3 is 10.1 Å². The number of nitrogens with zero attached hydrogens (tertiary/aromatic N) is 1. The van der Waals surface area contributed by atoms with Crippen molar-refractivity contribution >= 4 is 17.3 Å². The van der Waals surface area contributed by atoms with Crippen molar-refractivity contribution in [3.63, 3.8) is 0 Å². The van der Waals surface area contributed by atoms with Gasteiger partial charge in [0.15, 0.2) is 0 Å². The summed E-state index contributed by atoms with van der Waals surface area (Å²) in [4.78, 5) is 18.7. The van der Waals surface area contributed by atoms with E-state index in [1.54, 1.807) is 24.8 Å². The summed E-state index contributed by atoms with van der Waals surface area (Å²) in [6.45, 7) is 1.75. The molecule has 1 aliphatic rings. The van der Waals surface area contributed by atoms with Crippen LogP contribution in [0.1, 0.15) is 17.1 Å². The Morgan fingerprint density at radius 3 is 3.13 bits per heavy atom. The lowest BCUT2D eigenvalue weighted by atomic mass is 10.1. The van der Waals surface area contributed by atoms with Crippen LogP contribution in [0.4, 0.5) is 0 Å². The number of fused-ring (bicyclic) bond motifs is 1. The van der Waals surface area contributed by atoms with E-state index < -0.39 is 0 Å². The summed E-state index contributed by atoms with van der Waals surface area (Å²) in [6.07, 6.45) is 1.72. The first kappa shape index (κ1) is 10.4. The molecule has 0 unspecified atom stereocenters. The molecule has 80 valence electrons. The Balaban J connectivity index is 2.61. The Kier molecular flexibility index (Phi) is 2.93. The number of aromatic nitrogens is 2. The fraction of sp³-hybridized carbons (Fsp3) is 0.400. The number of aromatic amines is 1. The average molecular weight is 224 g/mol. The lowest BCUT2D eigenvalue weighted by molar-refractivity contribution is 0.343. The highest BCUT2D eigenvalue weighted by Gasteiger charge is 2.18. The summed E-state index contributed by atoms with van der Waals surface area (Å²) < 4.78 is 0. The van der Waals surface area contributed by atoms with Gasteiger partial charge in [-0.25, -0.2) is 4.98 Å². The molecule has 0 radical (unpaired) electrons. The minimum atomic E-state index is -0.0615. The van der Waals surface area contributed by atoms with Crippen molar-refractivity contribution in [1.82, 2.24) is 9.97 Å². The highest BCUT2D eigenvalue weighted by atomic mass is 32.2. The molecule has 0 saturated carbocycles. The number of hydrogen-bond donors (Lipinski definition) is 2. The van der Waals surface area contributed by atoms with E-state index in [2.05, 4.69) is 9.97 Å². The molecule has 0 aliphatic carbocycles. The first-order chi connectivity index (χ1) is 7.22. The number of H-pyrrole nitrogens is 1. The van der Waals surface area contributed by atoms with Gasteiger partial charge in [0.05, 0.1) is 17.9 Å². The molecule has 4 nitrogen and oxygen atoms in total. The molecule has 0 aromatic carbocycles. The van der Waals surface area contributed by atoms with Crippen LogP contribution in [0.15, 0.2) is 10.9 Å². The lowest BCUT2D eigenvalue weighted by Gasteiger charge is -2.16. The van der Waals surface area contributed by atoms with Crippen molar-refractivity contribution in [3.8, 4) is 0 Å². The molecular formula is C10H12N2O2S. The molecule has 5 heteroatoms. The van der Waals surface area contributed by atoms with Crippen LogP contribution in [-0.2, 0) is 5.75 Å². The molecule has 1 aliphatic heterocycles. The van der Waals surface area contributed by atoms with Gasteiger partial charge in [0.1, 0.15) is 5.82 Å². The second-order valence-corrected chi connectivity index (χ2v) is 4.37. The number of aliphatic hydroxyl groups is 1. The summed E-state index contributed by atoms with van der Waals surface area (Å²) in [6, 6.07) is 0. The van der Waals surface area contributed by atoms with Crippen LogP contribution in [0.5, 0.6) is 0 Å². The van der Waals surface area contributed by atoms with Gasteiger partial charge in [-0.05, 0) is 12.5 Å². The Labute approximate surface area is 91.4 Å². The fourth-order valence-corrected chi connectivity index (χ4v) is 2.66. The highest BCUT2D eigenvalue weighted by molar-refractivity contribution is 7.99. The van der Waals surface area contributed by atoms with Gasteiger partial charge in [0, 0.05) is 11.5 Å². The smallest absolute Gasteiger partial charge is 0.255 e. The molecule has 0 amide bonds. The van der Waals surface area contributed by atoms with E-state index in [0.717, 1.165) is 22.6 Å². The molecule has 1 aromatic heterocycles. The molecule has 1 aromatic rings. The minimum Gasteiger partial charge on any atom is -0.392 e. The van der Waals surface area contributed by atoms with E-state index in [1.807, 2.05) is 0 Å². The maximum atomic E-state index is 11.6. The first-order valence-electron chi connectivity index (χ1n) is 4.70. The molecule has 0 spiro atoms. The van der Waals surface area contributed by atoms with E-state index in [1.165, 1.54) is 0 Å². The molecule has 0 atom stereocenters. The summed E-state index contributed by atoms with van der Waals surface area (Å²) in [5.74, 6) is 2.12. The number of thioether (sulfide) groups is 1. The number of hydrogen-bond acceptors (Lipinski definition) is 4. The largest absolute Gasteiger partial charge is 0.392 e. The first-order valence-corrected chi connectivity index (χ1v) is 5.85. The van der Waals surface area contributed by atoms with E-state index >= 15 is 0 Å². The van der Waals surface area contributed by atoms with Crippen LogP contribution in [-0.4, -0.2) is 27.4 Å². The third-order valence-corrected chi connectivity index (χ3v) is 3.29. The molecule has 0 bridgehead atoms. The van der Waals surface area contributed by atoms with Crippen molar-refractivity contribution in [1.29, 1.82) is 0 Å². The average Bonchev–Trinajstić information content (AvgIpc) is 2.19. The third kappa shape index (κ3) is 1.98. The predicted molar refractivity (Wildman–Crippen MR) is 60.8 cm³/mol. The summed E-state index contributed by atoms with van der Waals surface area (Å²) in [7, 11) is 0. The van der Waals surface area contributed by atoms with Crippen molar-refractivity contribution in [2.45, 2.75) is 12.7 Å². The normalized spacial score (nSPS) is 17.9. The summed E-state index contributed by atoms with van der Waals surface area (Å²) >= 11 is 1.67. The zero-order valence-electron chi connectivity index (χ0n) is 8.41. The molecule has 0 saturated heterocycles. The van der Waals surface area contributed by atoms with Gasteiger partial charge in [-0.1, -0.05) is 6.08 Å². The van der Waals surface area contributed by atoms with Crippen LogP contribution in [0, 0.1) is 6.92 Å². The zero-order chi connectivity index (χ0) is 10.8. The minimum absolute atomic E-state index is 0.0111. The van der Waals surface area contributed by atoms with Gasteiger partial charge in [-0.3, -0.25) is 4.79 Å². The standard InChI is InChI=1S/C10H12N2O2S/c1-6-11-9-7(2-3-13)4-15-5-8(9)10(14)12-6/h2,13H,3-5H2,1H3,(H,11,12,14). The molecule has 0 fully saturated rings. The number of rotatable bonds is 1. The Morgan fingerprint density at radius 1 is 1.60 bits per heavy atom. The SMILES string of the molecule is Cc1nc2c(c(=O)[nH]1)CSCC2=CCO. The van der Waals surface area contributed by atoms with E-state index in [4.69, 9.17) is 5.11 Å². The summed E-state index contributed by atoms with van der Waals surface area (Å²) in [5, 5.41) is 8.88. The maximum absolute atomic E-state index is 11.6. The van der Waals surface area contributed by atoms with Crippen LogP contribution in [0.2, 0.25) is 0 Å². The number of aliphatic hydroxyl groups excluding tert-OH is 1. The van der Waals surface area contributed by atoms with E-state index in [0.29, 0.717) is 11.6 Å². The van der Waals surface area contributed by atoms with Crippen LogP contribution < -0.4 is 5.56 Å². The Morgan fingerprint density at radius 2 is 2.40 bits per heavy atom. The molecule has 2 heterocycles. The third-order valence-electron chi connectivity index (χ3n) is 2.28. The Hall–Kier alpha value is -1.07. The predicted octanol–water partition coefficient (Wildman–Crippen LogP) is 0.701. The van der Waals surface area contributed by atoms with Crippen molar-refractivity contribution in [2.24, 2.45) is 0 Å². The second-order valence-electron chi connectivity index (χ2n) is 3.38. The Bertz CT molecular complexity index is 465. The van der Waals surface area contributed by atoms with Gasteiger partial charge in [-0.15, -0.1) is 0 Å². The van der Waals surface area contributed by atoms with Gasteiger partial charge in [0.2, 0.25) is 0 Å². The fourth-order valence-electron chi connectivity index (χ4n) is 1.61. The van der Waals surface area contributed by atoms with Crippen molar-refractivity contribution in [3.05, 3.63) is 33.5 Å². The number of aryl methyl sites for hydroxylation is 1. The maximum Gasteiger partial charge on any atom is 0.255 e. The second kappa shape index (κ2) is 4.20. The van der Waals surface area contributed by atoms with Gasteiger partial charge in [0.25, 0.3) is 5.56 Å². The topological polar surface area (TPSA) is 66.0 Å². The van der Waals surface area contributed by atoms with Crippen molar-refractivity contribution < 1.29 is 5.11 Å². The van der Waals surface area contributed by atoms with Gasteiger partial charge in [-0.2, -0.15) is 11.8 Å². The molecule has 15 heavy (non-hydrogen) atoms. The summed E-state index contributed by atoms with van der Waals surface area (Å²) in [5.41, 5.74) is 2.37. The monoisotopic (exact) mass is 224 g/mol. The lowest BCUT2D eigenvalue weighted by Crippen LogP contribution is -2.21. The highest BCUT2D eigenvalue weighted by Crippen LogP contribution is 2.28. The molecule has 2 rings (SSSR count). The molecular weight excluding hydrogens is 212 g/mol. The zero-order valence-corrected chi connectivity index (χ0v) is 9.23. The van der Waals surface area contributed by atoms with Crippen molar-refractivity contribution in [2.75, 3.05) is 12.4 Å². The van der Waals surface area contributed by atoms with Crippen LogP contribution in [0.25, 0.3) is 5.57 Å². The van der Waals surface area contributed by atoms with E-state index in [-0.39, 0.29) is 12.2 Å². The molecule has 2 N–H and O–H groups in total. The van der Waals surface area contributed by atoms with Crippen LogP contribution in [0.3, 0.4) is 0 Å². The van der Waals surface area contributed by atoms with E-state index in [9.17, 15) is 4.79 Å². The van der Waals surface area contributed by atoms with Crippen LogP contribution >= 0.6 is 11.8 Å². The quantitative estimate of drug-likeness (QED) is 0.737. The number of nitrogens with one attached hydrogen (secondary N) is 1. The van der Waals surface area contributed by atoms with Gasteiger partial charge >= 0.3 is 0 Å².